The molecule has 2 N–H and O–H groups in total. The van der Waals surface area contributed by atoms with Gasteiger partial charge in [-0.3, -0.25) is 0 Å². The highest BCUT2D eigenvalue weighted by molar-refractivity contribution is 5.85. The van der Waals surface area contributed by atoms with E-state index in [1.54, 1.807) is 4.90 Å². The zero-order valence-electron chi connectivity index (χ0n) is 22.0. The van der Waals surface area contributed by atoms with Gasteiger partial charge in [0.15, 0.2) is 0 Å². The fourth-order valence-corrected chi connectivity index (χ4v) is 5.49. The van der Waals surface area contributed by atoms with Crippen molar-refractivity contribution in [1.82, 2.24) is 10.2 Å². The smallest absolute Gasteiger partial charge is 0.410 e. The standard InChI is InChI=1S/C29H36N2O6/c1-5-31(27(35)37-28(2,3)4)19-14-16-29(17-15-19,25(32)33)30-26(34)36-18-24-22-12-8-6-10-20(22)21-11-7-9-13-23(21)24/h6-13,19,24H,5,14-18H2,1-4H3,(H,30,34)(H,32,33). The molecule has 0 spiro atoms. The van der Waals surface area contributed by atoms with Crippen molar-refractivity contribution in [2.24, 2.45) is 0 Å². The number of carbonyl (C=O) groups is 3. The molecular weight excluding hydrogens is 472 g/mol. The number of aliphatic carboxylic acids is 1. The molecule has 1 fully saturated rings. The van der Waals surface area contributed by atoms with Crippen LogP contribution in [0, 0.1) is 0 Å². The van der Waals surface area contributed by atoms with E-state index in [1.165, 1.54) is 0 Å². The number of ether oxygens (including phenoxy) is 2. The Labute approximate surface area is 217 Å². The van der Waals surface area contributed by atoms with Crippen molar-refractivity contribution in [2.75, 3.05) is 13.2 Å². The summed E-state index contributed by atoms with van der Waals surface area (Å²) in [6, 6.07) is 15.9. The van der Waals surface area contributed by atoms with Crippen molar-refractivity contribution in [1.29, 1.82) is 0 Å². The Morgan fingerprint density at radius 3 is 2.03 bits per heavy atom. The van der Waals surface area contributed by atoms with E-state index in [2.05, 4.69) is 17.4 Å². The first-order chi connectivity index (χ1) is 17.5. The molecule has 2 aromatic rings. The number of rotatable bonds is 6. The molecule has 0 aromatic heterocycles. The van der Waals surface area contributed by atoms with E-state index in [0.717, 1.165) is 22.3 Å². The summed E-state index contributed by atoms with van der Waals surface area (Å²) in [6.07, 6.45) is 0.0912. The third-order valence-electron chi connectivity index (χ3n) is 7.31. The van der Waals surface area contributed by atoms with Crippen molar-refractivity contribution in [3.8, 4) is 11.1 Å². The van der Waals surface area contributed by atoms with Gasteiger partial charge in [0.1, 0.15) is 17.7 Å². The molecule has 198 valence electrons. The maximum absolute atomic E-state index is 12.9. The summed E-state index contributed by atoms with van der Waals surface area (Å²) in [4.78, 5) is 39.4. The van der Waals surface area contributed by atoms with Gasteiger partial charge < -0.3 is 24.8 Å². The molecule has 4 rings (SSSR count). The van der Waals surface area contributed by atoms with Gasteiger partial charge in [-0.2, -0.15) is 0 Å². The Hall–Kier alpha value is -3.55. The summed E-state index contributed by atoms with van der Waals surface area (Å²) in [5, 5.41) is 12.7. The first-order valence-corrected chi connectivity index (χ1v) is 12.9. The Bertz CT molecular complexity index is 1120. The quantitative estimate of drug-likeness (QED) is 0.530. The monoisotopic (exact) mass is 508 g/mol. The highest BCUT2D eigenvalue weighted by Gasteiger charge is 2.45. The number of carboxylic acid groups (broad SMARTS) is 1. The number of benzene rings is 2. The molecular formula is C29H36N2O6. The van der Waals surface area contributed by atoms with Gasteiger partial charge in [0.05, 0.1) is 0 Å². The molecule has 37 heavy (non-hydrogen) atoms. The van der Waals surface area contributed by atoms with Crippen LogP contribution in [0.25, 0.3) is 11.1 Å². The fraction of sp³-hybridized carbons (Fsp3) is 0.483. The van der Waals surface area contributed by atoms with Gasteiger partial charge in [0.2, 0.25) is 0 Å². The van der Waals surface area contributed by atoms with E-state index >= 15 is 0 Å². The van der Waals surface area contributed by atoms with Crippen molar-refractivity contribution in [3.05, 3.63) is 59.7 Å². The van der Waals surface area contributed by atoms with Gasteiger partial charge in [-0.25, -0.2) is 14.4 Å². The number of nitrogens with one attached hydrogen (secondary N) is 1. The van der Waals surface area contributed by atoms with Gasteiger partial charge >= 0.3 is 18.2 Å². The number of hydrogen-bond donors (Lipinski definition) is 2. The van der Waals surface area contributed by atoms with Gasteiger partial charge in [0, 0.05) is 18.5 Å². The number of nitrogens with zero attached hydrogens (tertiary/aromatic N) is 1. The van der Waals surface area contributed by atoms with E-state index in [-0.39, 0.29) is 31.4 Å². The molecule has 0 aliphatic heterocycles. The first-order valence-electron chi connectivity index (χ1n) is 12.9. The summed E-state index contributed by atoms with van der Waals surface area (Å²) >= 11 is 0. The third kappa shape index (κ3) is 5.58. The first kappa shape index (κ1) is 26.5. The van der Waals surface area contributed by atoms with Gasteiger partial charge in [-0.15, -0.1) is 0 Å². The molecule has 2 amide bonds. The average molecular weight is 509 g/mol. The van der Waals surface area contributed by atoms with Crippen LogP contribution in [0.2, 0.25) is 0 Å². The molecule has 2 aromatic carbocycles. The van der Waals surface area contributed by atoms with Crippen molar-refractivity contribution >= 4 is 18.2 Å². The molecule has 0 radical (unpaired) electrons. The zero-order valence-corrected chi connectivity index (χ0v) is 22.0. The summed E-state index contributed by atoms with van der Waals surface area (Å²) < 4.78 is 11.1. The minimum absolute atomic E-state index is 0.110. The second-order valence-corrected chi connectivity index (χ2v) is 10.8. The van der Waals surface area contributed by atoms with Crippen LogP contribution in [0.3, 0.4) is 0 Å². The van der Waals surface area contributed by atoms with Crippen LogP contribution in [-0.4, -0.2) is 58.5 Å². The molecule has 8 nitrogen and oxygen atoms in total. The normalized spacial score (nSPS) is 20.9. The van der Waals surface area contributed by atoms with Gasteiger partial charge in [-0.1, -0.05) is 48.5 Å². The SMILES string of the molecule is CCN(C(=O)OC(C)(C)C)C1CCC(NC(=O)OCC2c3ccccc3-c3ccccc32)(C(=O)O)CC1. The maximum atomic E-state index is 12.9. The molecule has 1 saturated carbocycles. The number of carbonyl (C=O) groups excluding carboxylic acids is 2. The lowest BCUT2D eigenvalue weighted by molar-refractivity contribution is -0.146. The van der Waals surface area contributed by atoms with E-state index in [9.17, 15) is 19.5 Å². The molecule has 0 heterocycles. The highest BCUT2D eigenvalue weighted by Crippen LogP contribution is 2.44. The summed E-state index contributed by atoms with van der Waals surface area (Å²) in [6.45, 7) is 7.88. The second-order valence-electron chi connectivity index (χ2n) is 10.8. The lowest BCUT2D eigenvalue weighted by Crippen LogP contribution is -2.59. The van der Waals surface area contributed by atoms with Crippen molar-refractivity contribution in [2.45, 2.75) is 76.5 Å². The minimum atomic E-state index is -1.44. The van der Waals surface area contributed by atoms with E-state index < -0.39 is 29.3 Å². The maximum Gasteiger partial charge on any atom is 0.410 e. The molecule has 2 aliphatic rings. The lowest BCUT2D eigenvalue weighted by Gasteiger charge is -2.41. The molecule has 0 bridgehead atoms. The summed E-state index contributed by atoms with van der Waals surface area (Å²) in [7, 11) is 0. The Balaban J connectivity index is 1.39. The molecule has 0 atom stereocenters. The minimum Gasteiger partial charge on any atom is -0.480 e. The van der Waals surface area contributed by atoms with Crippen LogP contribution in [0.4, 0.5) is 9.59 Å². The fourth-order valence-electron chi connectivity index (χ4n) is 5.49. The number of alkyl carbamates (subject to hydrolysis) is 1. The Morgan fingerprint density at radius 1 is 1.00 bits per heavy atom. The number of carboxylic acids is 1. The Morgan fingerprint density at radius 2 is 1.54 bits per heavy atom. The highest BCUT2D eigenvalue weighted by atomic mass is 16.6. The van der Waals surface area contributed by atoms with Crippen LogP contribution in [-0.2, 0) is 14.3 Å². The summed E-state index contributed by atoms with van der Waals surface area (Å²) in [5.74, 6) is -1.21. The van der Waals surface area contributed by atoms with E-state index in [0.29, 0.717) is 19.4 Å². The Kier molecular flexibility index (Phi) is 7.48. The van der Waals surface area contributed by atoms with Crippen LogP contribution >= 0.6 is 0 Å². The van der Waals surface area contributed by atoms with E-state index in [4.69, 9.17) is 9.47 Å². The predicted octanol–water partition coefficient (Wildman–Crippen LogP) is 5.55. The molecule has 0 saturated heterocycles. The van der Waals surface area contributed by atoms with Crippen LogP contribution in [0.5, 0.6) is 0 Å². The topological polar surface area (TPSA) is 105 Å². The second kappa shape index (κ2) is 10.4. The van der Waals surface area contributed by atoms with Crippen LogP contribution in [0.15, 0.2) is 48.5 Å². The zero-order chi connectivity index (χ0) is 26.8. The summed E-state index contributed by atoms with van der Waals surface area (Å²) in [5.41, 5.74) is 2.37. The largest absolute Gasteiger partial charge is 0.480 e. The van der Waals surface area contributed by atoms with Crippen LogP contribution in [0.1, 0.15) is 70.4 Å². The van der Waals surface area contributed by atoms with Gasteiger partial charge in [-0.05, 0) is 75.6 Å². The molecule has 8 heteroatoms. The predicted molar refractivity (Wildman–Crippen MR) is 139 cm³/mol. The molecule has 2 aliphatic carbocycles. The van der Waals surface area contributed by atoms with Crippen molar-refractivity contribution < 1.29 is 29.0 Å². The molecule has 0 unspecified atom stereocenters. The van der Waals surface area contributed by atoms with Crippen LogP contribution < -0.4 is 5.32 Å². The van der Waals surface area contributed by atoms with Crippen molar-refractivity contribution in [3.63, 3.8) is 0 Å². The van der Waals surface area contributed by atoms with Gasteiger partial charge in [0.25, 0.3) is 0 Å². The number of amides is 2. The average Bonchev–Trinajstić information content (AvgIpc) is 3.17. The number of hydrogen-bond acceptors (Lipinski definition) is 5. The lowest BCUT2D eigenvalue weighted by atomic mass is 9.79. The van der Waals surface area contributed by atoms with E-state index in [1.807, 2.05) is 64.1 Å². The third-order valence-corrected chi connectivity index (χ3v) is 7.31. The number of fused-ring (bicyclic) bond motifs is 3.